The monoisotopic (exact) mass is 448 g/mol. The normalized spacial score (nSPS) is 11.2. The summed E-state index contributed by atoms with van der Waals surface area (Å²) in [6.45, 7) is 3.99. The maximum atomic E-state index is 12.2. The van der Waals surface area contributed by atoms with E-state index in [2.05, 4.69) is 20.5 Å². The van der Waals surface area contributed by atoms with Crippen molar-refractivity contribution in [3.05, 3.63) is 76.0 Å². The Morgan fingerprint density at radius 3 is 2.74 bits per heavy atom. The number of hydrogen-bond acceptors (Lipinski definition) is 7. The van der Waals surface area contributed by atoms with E-state index in [0.717, 1.165) is 32.9 Å². The van der Waals surface area contributed by atoms with Crippen molar-refractivity contribution in [3.8, 4) is 11.5 Å². The Labute approximate surface area is 188 Å². The zero-order chi connectivity index (χ0) is 21.6. The van der Waals surface area contributed by atoms with Crippen molar-refractivity contribution in [1.29, 1.82) is 0 Å². The Bertz CT molecular complexity index is 1200. The minimum atomic E-state index is -0.121. The number of aryl methyl sites for hydroxylation is 2. The Morgan fingerprint density at radius 1 is 1.16 bits per heavy atom. The molecule has 0 aliphatic heterocycles. The number of thiophene rings is 1. The number of amides is 1. The average molecular weight is 449 g/mol. The standard InChI is InChI=1S/C23H20N4O2S2/c1-15-5-10-20(16(2)12-15)25-21(28)14-31-23-27-26-22(29-23)17-6-8-18(9-7-17)24-13-19-4-3-11-30-19/h3-13H,14H2,1-2H3,(H,25,28). The average Bonchev–Trinajstić information content (AvgIpc) is 3.45. The molecular weight excluding hydrogens is 428 g/mol. The van der Waals surface area contributed by atoms with Crippen LogP contribution < -0.4 is 5.32 Å². The number of carbonyl (C=O) groups is 1. The fourth-order valence-electron chi connectivity index (χ4n) is 2.85. The van der Waals surface area contributed by atoms with E-state index in [4.69, 9.17) is 4.42 Å². The molecule has 8 heteroatoms. The molecule has 0 bridgehead atoms. The minimum Gasteiger partial charge on any atom is -0.411 e. The zero-order valence-corrected chi connectivity index (χ0v) is 18.7. The van der Waals surface area contributed by atoms with E-state index in [9.17, 15) is 4.79 Å². The minimum absolute atomic E-state index is 0.121. The van der Waals surface area contributed by atoms with Crippen LogP contribution in [0.2, 0.25) is 0 Å². The molecule has 0 radical (unpaired) electrons. The van der Waals surface area contributed by atoms with E-state index in [1.807, 2.05) is 80.0 Å². The first-order chi connectivity index (χ1) is 15.1. The van der Waals surface area contributed by atoms with E-state index in [0.29, 0.717) is 11.1 Å². The molecule has 6 nitrogen and oxygen atoms in total. The summed E-state index contributed by atoms with van der Waals surface area (Å²) in [4.78, 5) is 17.8. The maximum absolute atomic E-state index is 12.2. The number of anilines is 1. The van der Waals surface area contributed by atoms with E-state index < -0.39 is 0 Å². The van der Waals surface area contributed by atoms with Gasteiger partial charge in [0.15, 0.2) is 0 Å². The number of carbonyl (C=O) groups excluding carboxylic acids is 1. The Hall–Kier alpha value is -3.23. The van der Waals surface area contributed by atoms with Gasteiger partial charge in [0.05, 0.1) is 11.4 Å². The molecule has 2 aromatic heterocycles. The molecule has 0 aliphatic carbocycles. The highest BCUT2D eigenvalue weighted by molar-refractivity contribution is 7.99. The predicted molar refractivity (Wildman–Crippen MR) is 127 cm³/mol. The molecule has 156 valence electrons. The van der Waals surface area contributed by atoms with Gasteiger partial charge in [0.25, 0.3) is 5.22 Å². The third kappa shape index (κ3) is 5.68. The lowest BCUT2D eigenvalue weighted by Gasteiger charge is -2.08. The third-order valence-electron chi connectivity index (χ3n) is 4.39. The highest BCUT2D eigenvalue weighted by Gasteiger charge is 2.12. The number of nitrogens with one attached hydrogen (secondary N) is 1. The van der Waals surface area contributed by atoms with Crippen LogP contribution in [0.1, 0.15) is 16.0 Å². The predicted octanol–water partition coefficient (Wildman–Crippen LogP) is 5.90. The SMILES string of the molecule is Cc1ccc(NC(=O)CSc2nnc(-c3ccc(N=Cc4cccs4)cc3)o2)c(C)c1. The van der Waals surface area contributed by atoms with Crippen LogP contribution in [0, 0.1) is 13.8 Å². The largest absolute Gasteiger partial charge is 0.411 e. The molecule has 0 saturated heterocycles. The van der Waals surface area contributed by atoms with Crippen LogP contribution in [0.25, 0.3) is 11.5 Å². The molecule has 4 aromatic rings. The molecule has 0 fully saturated rings. The molecule has 2 aromatic carbocycles. The first kappa shape index (κ1) is 21.0. The summed E-state index contributed by atoms with van der Waals surface area (Å²) in [5.41, 5.74) is 4.64. The van der Waals surface area contributed by atoms with Crippen LogP contribution in [0.3, 0.4) is 0 Å². The highest BCUT2D eigenvalue weighted by atomic mass is 32.2. The second-order valence-electron chi connectivity index (χ2n) is 6.85. The van der Waals surface area contributed by atoms with Crippen molar-refractivity contribution in [2.75, 3.05) is 11.1 Å². The van der Waals surface area contributed by atoms with Gasteiger partial charge in [-0.25, -0.2) is 0 Å². The van der Waals surface area contributed by atoms with Crippen molar-refractivity contribution in [2.45, 2.75) is 19.1 Å². The second kappa shape index (κ2) is 9.72. The molecule has 0 spiro atoms. The molecule has 1 N–H and O–H groups in total. The summed E-state index contributed by atoms with van der Waals surface area (Å²) < 4.78 is 5.69. The van der Waals surface area contributed by atoms with Gasteiger partial charge in [-0.3, -0.25) is 9.79 Å². The maximum Gasteiger partial charge on any atom is 0.277 e. The summed E-state index contributed by atoms with van der Waals surface area (Å²) >= 11 is 2.85. The van der Waals surface area contributed by atoms with Gasteiger partial charge >= 0.3 is 0 Å². The summed E-state index contributed by atoms with van der Waals surface area (Å²) in [6.07, 6.45) is 1.84. The van der Waals surface area contributed by atoms with E-state index >= 15 is 0 Å². The Balaban J connectivity index is 1.33. The number of thioether (sulfide) groups is 1. The molecule has 4 rings (SSSR count). The van der Waals surface area contributed by atoms with Gasteiger partial charge in [0.2, 0.25) is 11.8 Å². The molecular formula is C23H20N4O2S2. The van der Waals surface area contributed by atoms with Crippen LogP contribution in [0.5, 0.6) is 0 Å². The number of aromatic nitrogens is 2. The quantitative estimate of drug-likeness (QED) is 0.281. The van der Waals surface area contributed by atoms with Crippen molar-refractivity contribution in [2.24, 2.45) is 4.99 Å². The lowest BCUT2D eigenvalue weighted by atomic mass is 10.1. The first-order valence-electron chi connectivity index (χ1n) is 9.58. The van der Waals surface area contributed by atoms with Gasteiger partial charge in [-0.2, -0.15) is 0 Å². The summed E-state index contributed by atoms with van der Waals surface area (Å²) in [6, 6.07) is 17.5. The summed E-state index contributed by atoms with van der Waals surface area (Å²) in [5, 5.41) is 13.4. The van der Waals surface area contributed by atoms with E-state index in [1.165, 1.54) is 11.8 Å². The zero-order valence-electron chi connectivity index (χ0n) is 17.0. The van der Waals surface area contributed by atoms with Crippen LogP contribution in [-0.2, 0) is 4.79 Å². The molecule has 0 atom stereocenters. The van der Waals surface area contributed by atoms with Crippen LogP contribution in [-0.4, -0.2) is 28.1 Å². The lowest BCUT2D eigenvalue weighted by Crippen LogP contribution is -2.14. The molecule has 2 heterocycles. The smallest absolute Gasteiger partial charge is 0.277 e. The van der Waals surface area contributed by atoms with Gasteiger partial charge in [0.1, 0.15) is 0 Å². The van der Waals surface area contributed by atoms with Gasteiger partial charge in [-0.05, 0) is 61.2 Å². The van der Waals surface area contributed by atoms with Crippen molar-refractivity contribution in [3.63, 3.8) is 0 Å². The van der Waals surface area contributed by atoms with E-state index in [1.54, 1.807) is 11.3 Å². The number of hydrogen-bond donors (Lipinski definition) is 1. The van der Waals surface area contributed by atoms with Crippen molar-refractivity contribution >= 4 is 46.6 Å². The number of rotatable bonds is 7. The summed E-state index contributed by atoms with van der Waals surface area (Å²) in [7, 11) is 0. The van der Waals surface area contributed by atoms with Crippen molar-refractivity contribution < 1.29 is 9.21 Å². The topological polar surface area (TPSA) is 80.4 Å². The third-order valence-corrected chi connectivity index (χ3v) is 6.01. The fourth-order valence-corrected chi connectivity index (χ4v) is 3.99. The van der Waals surface area contributed by atoms with Gasteiger partial charge < -0.3 is 9.73 Å². The lowest BCUT2D eigenvalue weighted by molar-refractivity contribution is -0.113. The molecule has 1 amide bonds. The summed E-state index contributed by atoms with van der Waals surface area (Å²) in [5.74, 6) is 0.474. The van der Waals surface area contributed by atoms with Crippen LogP contribution in [0.15, 0.2) is 74.6 Å². The van der Waals surface area contributed by atoms with Gasteiger partial charge in [-0.1, -0.05) is 35.5 Å². The fraction of sp³-hybridized carbons (Fsp3) is 0.130. The van der Waals surface area contributed by atoms with Crippen LogP contribution in [0.4, 0.5) is 11.4 Å². The number of benzene rings is 2. The van der Waals surface area contributed by atoms with Gasteiger partial charge in [0, 0.05) is 22.3 Å². The molecule has 0 aliphatic rings. The van der Waals surface area contributed by atoms with Crippen molar-refractivity contribution in [1.82, 2.24) is 10.2 Å². The number of aliphatic imine (C=N–C) groups is 1. The second-order valence-corrected chi connectivity index (χ2v) is 8.75. The van der Waals surface area contributed by atoms with Crippen LogP contribution >= 0.6 is 23.1 Å². The number of nitrogens with zero attached hydrogens (tertiary/aromatic N) is 3. The molecule has 31 heavy (non-hydrogen) atoms. The first-order valence-corrected chi connectivity index (χ1v) is 11.4. The Morgan fingerprint density at radius 2 is 2.00 bits per heavy atom. The molecule has 0 saturated carbocycles. The van der Waals surface area contributed by atoms with E-state index in [-0.39, 0.29) is 11.7 Å². The molecule has 0 unspecified atom stereocenters. The highest BCUT2D eigenvalue weighted by Crippen LogP contribution is 2.25. The Kier molecular flexibility index (Phi) is 6.59. The van der Waals surface area contributed by atoms with Gasteiger partial charge in [-0.15, -0.1) is 21.5 Å².